The van der Waals surface area contributed by atoms with Gasteiger partial charge in [0.15, 0.2) is 10.8 Å². The maximum Gasteiger partial charge on any atom is 0.258 e. The SMILES string of the molecule is Cn1nc(Cl)c2c(Cl)c(C(=O)Nc3ccc(Cl)cc3)cnc21. The number of aryl methyl sites for hydroxylation is 1. The quantitative estimate of drug-likeness (QED) is 0.750. The normalized spacial score (nSPS) is 10.9. The first-order valence-electron chi connectivity index (χ1n) is 6.21. The number of hydrogen-bond acceptors (Lipinski definition) is 3. The number of rotatable bonds is 2. The molecule has 3 rings (SSSR count). The number of anilines is 1. The largest absolute Gasteiger partial charge is 0.322 e. The minimum atomic E-state index is -0.387. The molecule has 1 amide bonds. The summed E-state index contributed by atoms with van der Waals surface area (Å²) in [7, 11) is 1.70. The summed E-state index contributed by atoms with van der Waals surface area (Å²) in [6.45, 7) is 0. The van der Waals surface area contributed by atoms with Crippen molar-refractivity contribution in [3.8, 4) is 0 Å². The number of benzene rings is 1. The zero-order valence-corrected chi connectivity index (χ0v) is 13.5. The van der Waals surface area contributed by atoms with Crippen LogP contribution in [0.25, 0.3) is 11.0 Å². The summed E-state index contributed by atoms with van der Waals surface area (Å²) in [5.41, 5.74) is 1.33. The summed E-state index contributed by atoms with van der Waals surface area (Å²) < 4.78 is 1.50. The molecule has 0 aliphatic rings. The number of hydrogen-bond donors (Lipinski definition) is 1. The maximum atomic E-state index is 12.3. The van der Waals surface area contributed by atoms with Crippen LogP contribution >= 0.6 is 34.8 Å². The third-order valence-electron chi connectivity index (χ3n) is 3.09. The first kappa shape index (κ1) is 15.1. The molecule has 3 aromatic rings. The Morgan fingerprint density at radius 1 is 1.18 bits per heavy atom. The summed E-state index contributed by atoms with van der Waals surface area (Å²) in [4.78, 5) is 16.5. The standard InChI is InChI=1S/C14H9Cl3N4O/c1-21-13-10(12(17)20-21)11(16)9(6-18-13)14(22)19-8-4-2-7(15)3-5-8/h2-6H,1H3,(H,19,22). The molecule has 0 fully saturated rings. The zero-order valence-electron chi connectivity index (χ0n) is 11.3. The molecule has 0 bridgehead atoms. The molecular weight excluding hydrogens is 347 g/mol. The molecule has 0 atom stereocenters. The highest BCUT2D eigenvalue weighted by Gasteiger charge is 2.19. The lowest BCUT2D eigenvalue weighted by atomic mass is 10.2. The van der Waals surface area contributed by atoms with Crippen LogP contribution in [0, 0.1) is 0 Å². The second-order valence-electron chi connectivity index (χ2n) is 4.56. The van der Waals surface area contributed by atoms with E-state index in [-0.39, 0.29) is 21.6 Å². The maximum absolute atomic E-state index is 12.3. The fourth-order valence-corrected chi connectivity index (χ4v) is 2.80. The Morgan fingerprint density at radius 2 is 1.86 bits per heavy atom. The van der Waals surface area contributed by atoms with Crippen LogP contribution in [-0.2, 0) is 7.05 Å². The van der Waals surface area contributed by atoms with Gasteiger partial charge in [0.1, 0.15) is 0 Å². The Kier molecular flexibility index (Phi) is 3.95. The number of carbonyl (C=O) groups is 1. The van der Waals surface area contributed by atoms with E-state index in [1.54, 1.807) is 31.3 Å². The molecule has 0 spiro atoms. The van der Waals surface area contributed by atoms with Crippen molar-refractivity contribution in [1.29, 1.82) is 0 Å². The van der Waals surface area contributed by atoms with Crippen molar-refractivity contribution in [3.05, 3.63) is 51.2 Å². The van der Waals surface area contributed by atoms with Crippen molar-refractivity contribution in [2.24, 2.45) is 7.05 Å². The van der Waals surface area contributed by atoms with Gasteiger partial charge in [-0.05, 0) is 24.3 Å². The summed E-state index contributed by atoms with van der Waals surface area (Å²) in [6.07, 6.45) is 1.40. The van der Waals surface area contributed by atoms with E-state index in [0.717, 1.165) is 0 Å². The van der Waals surface area contributed by atoms with Gasteiger partial charge in [-0.3, -0.25) is 4.79 Å². The van der Waals surface area contributed by atoms with E-state index in [1.165, 1.54) is 10.9 Å². The summed E-state index contributed by atoms with van der Waals surface area (Å²) in [5.74, 6) is -0.387. The van der Waals surface area contributed by atoms with Crippen LogP contribution in [0.1, 0.15) is 10.4 Å². The van der Waals surface area contributed by atoms with Gasteiger partial charge in [0, 0.05) is 24.0 Å². The lowest BCUT2D eigenvalue weighted by Crippen LogP contribution is -2.13. The highest BCUT2D eigenvalue weighted by atomic mass is 35.5. The molecule has 0 saturated heterocycles. The third kappa shape index (κ3) is 2.63. The van der Waals surface area contributed by atoms with Crippen molar-refractivity contribution in [2.45, 2.75) is 0 Å². The first-order chi connectivity index (χ1) is 10.5. The van der Waals surface area contributed by atoms with Crippen LogP contribution in [0.3, 0.4) is 0 Å². The molecule has 0 aliphatic heterocycles. The molecule has 0 radical (unpaired) electrons. The second-order valence-corrected chi connectivity index (χ2v) is 5.73. The predicted molar refractivity (Wildman–Crippen MR) is 87.9 cm³/mol. The van der Waals surface area contributed by atoms with Gasteiger partial charge < -0.3 is 5.32 Å². The summed E-state index contributed by atoms with van der Waals surface area (Å²) in [6, 6.07) is 6.74. The highest BCUT2D eigenvalue weighted by molar-refractivity contribution is 6.43. The minimum Gasteiger partial charge on any atom is -0.322 e. The molecule has 8 heteroatoms. The van der Waals surface area contributed by atoms with Crippen molar-refractivity contribution in [3.63, 3.8) is 0 Å². The highest BCUT2D eigenvalue weighted by Crippen LogP contribution is 2.31. The number of fused-ring (bicyclic) bond motifs is 1. The molecule has 2 aromatic heterocycles. The van der Waals surface area contributed by atoms with E-state index in [1.807, 2.05) is 0 Å². The second kappa shape index (κ2) is 5.76. The fraction of sp³-hybridized carbons (Fsp3) is 0.0714. The van der Waals surface area contributed by atoms with Crippen molar-refractivity contribution in [2.75, 3.05) is 5.32 Å². The van der Waals surface area contributed by atoms with Crippen LogP contribution in [0.2, 0.25) is 15.2 Å². The molecule has 22 heavy (non-hydrogen) atoms. The average molecular weight is 356 g/mol. The van der Waals surface area contributed by atoms with E-state index in [0.29, 0.717) is 21.7 Å². The van der Waals surface area contributed by atoms with Crippen molar-refractivity contribution >= 4 is 57.4 Å². The Balaban J connectivity index is 1.99. The monoisotopic (exact) mass is 354 g/mol. The van der Waals surface area contributed by atoms with Crippen LogP contribution in [0.15, 0.2) is 30.5 Å². The van der Waals surface area contributed by atoms with E-state index < -0.39 is 0 Å². The summed E-state index contributed by atoms with van der Waals surface area (Å²) in [5, 5.41) is 8.22. The van der Waals surface area contributed by atoms with Crippen molar-refractivity contribution in [1.82, 2.24) is 14.8 Å². The average Bonchev–Trinajstić information content (AvgIpc) is 2.77. The zero-order chi connectivity index (χ0) is 15.9. The van der Waals surface area contributed by atoms with Gasteiger partial charge in [-0.15, -0.1) is 0 Å². The van der Waals surface area contributed by atoms with Crippen molar-refractivity contribution < 1.29 is 4.79 Å². The van der Waals surface area contributed by atoms with Crippen LogP contribution in [0.4, 0.5) is 5.69 Å². The fourth-order valence-electron chi connectivity index (χ4n) is 2.03. The molecule has 0 unspecified atom stereocenters. The molecule has 0 saturated carbocycles. The third-order valence-corrected chi connectivity index (χ3v) is 4.00. The van der Waals surface area contributed by atoms with Gasteiger partial charge in [-0.1, -0.05) is 34.8 Å². The van der Waals surface area contributed by atoms with Crippen LogP contribution in [0.5, 0.6) is 0 Å². The minimum absolute atomic E-state index is 0.205. The topological polar surface area (TPSA) is 59.8 Å². The van der Waals surface area contributed by atoms with Gasteiger partial charge in [0.25, 0.3) is 5.91 Å². The van der Waals surface area contributed by atoms with E-state index in [4.69, 9.17) is 34.8 Å². The van der Waals surface area contributed by atoms with E-state index in [2.05, 4.69) is 15.4 Å². The van der Waals surface area contributed by atoms with Gasteiger partial charge in [-0.2, -0.15) is 5.10 Å². The van der Waals surface area contributed by atoms with Gasteiger partial charge in [-0.25, -0.2) is 9.67 Å². The van der Waals surface area contributed by atoms with Crippen LogP contribution in [-0.4, -0.2) is 20.7 Å². The van der Waals surface area contributed by atoms with Gasteiger partial charge in [0.2, 0.25) is 0 Å². The molecular formula is C14H9Cl3N4O. The number of amides is 1. The number of aromatic nitrogens is 3. The van der Waals surface area contributed by atoms with E-state index >= 15 is 0 Å². The predicted octanol–water partition coefficient (Wildman–Crippen LogP) is 4.18. The Bertz CT molecular complexity index is 874. The summed E-state index contributed by atoms with van der Waals surface area (Å²) >= 11 is 18.1. The molecule has 112 valence electrons. The Hall–Kier alpha value is -1.82. The van der Waals surface area contributed by atoms with Gasteiger partial charge >= 0.3 is 0 Å². The van der Waals surface area contributed by atoms with Crippen LogP contribution < -0.4 is 5.32 Å². The Labute approximate surface area is 140 Å². The van der Waals surface area contributed by atoms with Gasteiger partial charge in [0.05, 0.1) is 16.0 Å². The molecule has 1 N–H and O–H groups in total. The number of pyridine rings is 1. The molecule has 2 heterocycles. The molecule has 5 nitrogen and oxygen atoms in total. The lowest BCUT2D eigenvalue weighted by molar-refractivity contribution is 0.102. The number of carbonyl (C=O) groups excluding carboxylic acids is 1. The number of nitrogens with zero attached hydrogens (tertiary/aromatic N) is 3. The Morgan fingerprint density at radius 3 is 2.55 bits per heavy atom. The van der Waals surface area contributed by atoms with E-state index in [9.17, 15) is 4.79 Å². The smallest absolute Gasteiger partial charge is 0.258 e. The molecule has 0 aliphatic carbocycles. The number of nitrogens with one attached hydrogen (secondary N) is 1. The lowest BCUT2D eigenvalue weighted by Gasteiger charge is -2.07. The first-order valence-corrected chi connectivity index (χ1v) is 7.34. The number of halogens is 3. The molecule has 1 aromatic carbocycles.